The number of likely N-dealkylation sites (tertiary alicyclic amines) is 1. The van der Waals surface area contributed by atoms with Crippen molar-refractivity contribution in [3.63, 3.8) is 0 Å². The molecule has 3 heterocycles. The lowest BCUT2D eigenvalue weighted by Gasteiger charge is -2.30. The van der Waals surface area contributed by atoms with E-state index in [2.05, 4.69) is 55.0 Å². The minimum atomic E-state index is -0.147. The van der Waals surface area contributed by atoms with E-state index in [4.69, 9.17) is 0 Å². The van der Waals surface area contributed by atoms with Crippen molar-refractivity contribution in [3.05, 3.63) is 45.6 Å². The Kier molecular flexibility index (Phi) is 6.29. The first-order valence-electron chi connectivity index (χ1n) is 10.4. The summed E-state index contributed by atoms with van der Waals surface area (Å²) in [6.45, 7) is 8.22. The van der Waals surface area contributed by atoms with Crippen molar-refractivity contribution >= 4 is 39.2 Å². The molecule has 0 spiro atoms. The molecule has 4 rings (SSSR count). The van der Waals surface area contributed by atoms with Gasteiger partial charge in [0.25, 0.3) is 5.56 Å². The van der Waals surface area contributed by atoms with Gasteiger partial charge in [-0.15, -0.1) is 11.3 Å². The van der Waals surface area contributed by atoms with Crippen LogP contribution >= 0.6 is 23.1 Å². The molecular formula is C23H27N3O2S2. The fourth-order valence-electron chi connectivity index (χ4n) is 3.74. The molecule has 30 heavy (non-hydrogen) atoms. The summed E-state index contributed by atoms with van der Waals surface area (Å²) in [6.07, 6.45) is 2.13. The molecule has 1 N–H and O–H groups in total. The smallest absolute Gasteiger partial charge is 0.260 e. The molecule has 0 atom stereocenters. The predicted molar refractivity (Wildman–Crippen MR) is 125 cm³/mol. The maximum Gasteiger partial charge on any atom is 0.260 e. The molecule has 7 heteroatoms. The number of nitrogens with zero attached hydrogens (tertiary/aromatic N) is 2. The summed E-state index contributed by atoms with van der Waals surface area (Å²) in [5, 5.41) is 3.12. The number of amides is 1. The number of aromatic amines is 1. The zero-order chi connectivity index (χ0) is 21.3. The summed E-state index contributed by atoms with van der Waals surface area (Å²) < 4.78 is 0. The van der Waals surface area contributed by atoms with Gasteiger partial charge < -0.3 is 9.88 Å². The lowest BCUT2D eigenvalue weighted by atomic mass is 9.99. The SMILES string of the molecule is CC1CCN(C(=O)CSc2nc3scc(-c4ccc(C(C)C)cc4)c3c(=O)[nH]2)CC1. The number of aromatic nitrogens is 2. The molecule has 0 bridgehead atoms. The van der Waals surface area contributed by atoms with Crippen LogP contribution in [0.4, 0.5) is 0 Å². The van der Waals surface area contributed by atoms with Gasteiger partial charge in [0.2, 0.25) is 5.91 Å². The highest BCUT2D eigenvalue weighted by Gasteiger charge is 2.21. The third kappa shape index (κ3) is 4.47. The number of carbonyl (C=O) groups excluding carboxylic acids is 1. The second-order valence-electron chi connectivity index (χ2n) is 8.33. The van der Waals surface area contributed by atoms with Crippen LogP contribution in [0.25, 0.3) is 21.3 Å². The third-order valence-electron chi connectivity index (χ3n) is 5.78. The third-order valence-corrected chi connectivity index (χ3v) is 7.51. The molecule has 5 nitrogen and oxygen atoms in total. The Hall–Kier alpha value is -2.12. The molecule has 0 radical (unpaired) electrons. The van der Waals surface area contributed by atoms with Gasteiger partial charge in [0.1, 0.15) is 4.83 Å². The van der Waals surface area contributed by atoms with Gasteiger partial charge in [0.15, 0.2) is 5.16 Å². The zero-order valence-corrected chi connectivity index (χ0v) is 19.2. The fourth-order valence-corrected chi connectivity index (χ4v) is 5.51. The Morgan fingerprint density at radius 3 is 2.63 bits per heavy atom. The van der Waals surface area contributed by atoms with E-state index in [1.807, 2.05) is 10.3 Å². The van der Waals surface area contributed by atoms with Crippen molar-refractivity contribution < 1.29 is 4.79 Å². The maximum atomic E-state index is 12.8. The van der Waals surface area contributed by atoms with Gasteiger partial charge in [0.05, 0.1) is 11.1 Å². The molecule has 2 aromatic heterocycles. The van der Waals surface area contributed by atoms with Crippen LogP contribution in [-0.4, -0.2) is 39.6 Å². The standard InChI is InChI=1S/C23H27N3O2S2/c1-14(2)16-4-6-17(7-5-16)18-12-29-22-20(18)21(28)24-23(25-22)30-13-19(27)26-10-8-15(3)9-11-26/h4-7,12,14-15H,8-11,13H2,1-3H3,(H,24,25,28). The Labute approximate surface area is 184 Å². The summed E-state index contributed by atoms with van der Waals surface area (Å²) >= 11 is 2.78. The second-order valence-corrected chi connectivity index (χ2v) is 10.2. The fraction of sp³-hybridized carbons (Fsp3) is 0.435. The van der Waals surface area contributed by atoms with E-state index in [1.54, 1.807) is 0 Å². The largest absolute Gasteiger partial charge is 0.342 e. The van der Waals surface area contributed by atoms with Crippen LogP contribution in [0.15, 0.2) is 39.6 Å². The summed E-state index contributed by atoms with van der Waals surface area (Å²) in [7, 11) is 0. The van der Waals surface area contributed by atoms with E-state index in [9.17, 15) is 9.59 Å². The number of hydrogen-bond acceptors (Lipinski definition) is 5. The number of benzene rings is 1. The summed E-state index contributed by atoms with van der Waals surface area (Å²) in [5.74, 6) is 1.58. The monoisotopic (exact) mass is 441 g/mol. The first kappa shape index (κ1) is 21.1. The van der Waals surface area contributed by atoms with Crippen LogP contribution < -0.4 is 5.56 Å². The highest BCUT2D eigenvalue weighted by atomic mass is 32.2. The van der Waals surface area contributed by atoms with Crippen molar-refractivity contribution in [2.45, 2.75) is 44.7 Å². The normalized spacial score (nSPS) is 15.3. The summed E-state index contributed by atoms with van der Waals surface area (Å²) in [6, 6.07) is 8.36. The lowest BCUT2D eigenvalue weighted by molar-refractivity contribution is -0.129. The van der Waals surface area contributed by atoms with Crippen molar-refractivity contribution in [2.24, 2.45) is 5.92 Å². The molecule has 1 fully saturated rings. The first-order valence-corrected chi connectivity index (χ1v) is 12.3. The molecule has 0 unspecified atom stereocenters. The Bertz CT molecular complexity index is 1090. The predicted octanol–water partition coefficient (Wildman–Crippen LogP) is 5.13. The number of H-pyrrole nitrogens is 1. The Morgan fingerprint density at radius 1 is 1.27 bits per heavy atom. The second kappa shape index (κ2) is 8.94. The molecule has 1 aromatic carbocycles. The molecule has 0 saturated carbocycles. The molecule has 1 amide bonds. The maximum absolute atomic E-state index is 12.8. The van der Waals surface area contributed by atoms with Gasteiger partial charge in [-0.3, -0.25) is 9.59 Å². The summed E-state index contributed by atoms with van der Waals surface area (Å²) in [5.41, 5.74) is 3.06. The van der Waals surface area contributed by atoms with E-state index in [0.29, 0.717) is 33.0 Å². The lowest BCUT2D eigenvalue weighted by Crippen LogP contribution is -2.38. The van der Waals surface area contributed by atoms with Gasteiger partial charge in [-0.2, -0.15) is 0 Å². The number of thiophene rings is 1. The minimum absolute atomic E-state index is 0.117. The number of piperidine rings is 1. The van der Waals surface area contributed by atoms with Crippen molar-refractivity contribution in [1.82, 2.24) is 14.9 Å². The van der Waals surface area contributed by atoms with Crippen molar-refractivity contribution in [3.8, 4) is 11.1 Å². The molecule has 158 valence electrons. The van der Waals surface area contributed by atoms with Crippen molar-refractivity contribution in [1.29, 1.82) is 0 Å². The number of rotatable bonds is 5. The van der Waals surface area contributed by atoms with E-state index in [1.165, 1.54) is 28.7 Å². The highest BCUT2D eigenvalue weighted by Crippen LogP contribution is 2.32. The van der Waals surface area contributed by atoms with E-state index in [0.717, 1.165) is 37.1 Å². The van der Waals surface area contributed by atoms with Crippen LogP contribution in [0.3, 0.4) is 0 Å². The van der Waals surface area contributed by atoms with Gasteiger partial charge in [-0.05, 0) is 35.8 Å². The van der Waals surface area contributed by atoms with Crippen LogP contribution in [0.5, 0.6) is 0 Å². The van der Waals surface area contributed by atoms with Gasteiger partial charge in [0, 0.05) is 24.0 Å². The molecule has 1 saturated heterocycles. The van der Waals surface area contributed by atoms with Crippen LogP contribution in [-0.2, 0) is 4.79 Å². The number of thioether (sulfide) groups is 1. The average molecular weight is 442 g/mol. The number of hydrogen-bond donors (Lipinski definition) is 1. The minimum Gasteiger partial charge on any atom is -0.342 e. The number of fused-ring (bicyclic) bond motifs is 1. The quantitative estimate of drug-likeness (QED) is 0.440. The van der Waals surface area contributed by atoms with Gasteiger partial charge >= 0.3 is 0 Å². The van der Waals surface area contributed by atoms with E-state index >= 15 is 0 Å². The van der Waals surface area contributed by atoms with Crippen LogP contribution in [0.1, 0.15) is 45.1 Å². The van der Waals surface area contributed by atoms with Gasteiger partial charge in [-0.25, -0.2) is 4.98 Å². The number of nitrogens with one attached hydrogen (secondary N) is 1. The Balaban J connectivity index is 1.51. The first-order chi connectivity index (χ1) is 14.4. The molecule has 1 aliphatic heterocycles. The van der Waals surface area contributed by atoms with Gasteiger partial charge in [-0.1, -0.05) is 56.8 Å². The number of carbonyl (C=O) groups is 1. The topological polar surface area (TPSA) is 66.1 Å². The molecular weight excluding hydrogens is 414 g/mol. The highest BCUT2D eigenvalue weighted by molar-refractivity contribution is 7.99. The van der Waals surface area contributed by atoms with E-state index in [-0.39, 0.29) is 11.5 Å². The average Bonchev–Trinajstić information content (AvgIpc) is 3.17. The van der Waals surface area contributed by atoms with Crippen LogP contribution in [0, 0.1) is 5.92 Å². The zero-order valence-electron chi connectivity index (χ0n) is 17.6. The molecule has 1 aliphatic rings. The molecule has 3 aromatic rings. The van der Waals surface area contributed by atoms with E-state index < -0.39 is 0 Å². The molecule has 0 aliphatic carbocycles. The Morgan fingerprint density at radius 2 is 1.97 bits per heavy atom. The van der Waals surface area contributed by atoms with Crippen molar-refractivity contribution in [2.75, 3.05) is 18.8 Å². The summed E-state index contributed by atoms with van der Waals surface area (Å²) in [4.78, 5) is 35.4. The van der Waals surface area contributed by atoms with Crippen LogP contribution in [0.2, 0.25) is 0 Å².